The van der Waals surface area contributed by atoms with E-state index in [2.05, 4.69) is 11.9 Å². The van der Waals surface area contributed by atoms with Crippen molar-refractivity contribution in [3.05, 3.63) is 30.1 Å². The van der Waals surface area contributed by atoms with E-state index >= 15 is 0 Å². The molecular weight excluding hydrogens is 214 g/mol. The molecule has 1 saturated heterocycles. The highest BCUT2D eigenvalue weighted by atomic mass is 16.2. The number of carbonyl (C=O) groups excluding carboxylic acids is 1. The quantitative estimate of drug-likeness (QED) is 0.827. The second-order valence-electron chi connectivity index (χ2n) is 4.72. The van der Waals surface area contributed by atoms with Crippen LogP contribution >= 0.6 is 0 Å². The molecule has 2 rings (SSSR count). The first-order valence-corrected chi connectivity index (χ1v) is 6.12. The lowest BCUT2D eigenvalue weighted by Crippen LogP contribution is -2.48. The average molecular weight is 233 g/mol. The van der Waals surface area contributed by atoms with Crippen molar-refractivity contribution < 1.29 is 4.79 Å². The summed E-state index contributed by atoms with van der Waals surface area (Å²) in [4.78, 5) is 18.2. The molecule has 4 nitrogen and oxygen atoms in total. The molecule has 2 N–H and O–H groups in total. The molecule has 1 fully saturated rings. The number of piperidine rings is 1. The lowest BCUT2D eigenvalue weighted by molar-refractivity contribution is -0.133. The highest BCUT2D eigenvalue weighted by Gasteiger charge is 2.26. The molecule has 2 heterocycles. The van der Waals surface area contributed by atoms with Crippen LogP contribution in [0.15, 0.2) is 24.4 Å². The van der Waals surface area contributed by atoms with Crippen molar-refractivity contribution in [1.82, 2.24) is 9.88 Å². The van der Waals surface area contributed by atoms with Gasteiger partial charge in [0.05, 0.1) is 6.42 Å². The summed E-state index contributed by atoms with van der Waals surface area (Å²) in [5.41, 5.74) is 6.72. The van der Waals surface area contributed by atoms with E-state index in [0.29, 0.717) is 6.42 Å². The van der Waals surface area contributed by atoms with Crippen LogP contribution in [0.3, 0.4) is 0 Å². The summed E-state index contributed by atoms with van der Waals surface area (Å²) in [5.74, 6) is 0.156. The van der Waals surface area contributed by atoms with Gasteiger partial charge >= 0.3 is 0 Å². The number of aromatic nitrogens is 1. The van der Waals surface area contributed by atoms with E-state index in [1.165, 1.54) is 0 Å². The first-order chi connectivity index (χ1) is 8.16. The zero-order valence-electron chi connectivity index (χ0n) is 10.2. The van der Waals surface area contributed by atoms with E-state index in [9.17, 15) is 4.79 Å². The van der Waals surface area contributed by atoms with Gasteiger partial charge in [0.25, 0.3) is 0 Å². The molecule has 2 unspecified atom stereocenters. The van der Waals surface area contributed by atoms with Crippen LogP contribution in [0.2, 0.25) is 0 Å². The SMILES string of the molecule is CC1CC(N)CCN1C(=O)Cc1ccccn1. The van der Waals surface area contributed by atoms with Gasteiger partial charge < -0.3 is 10.6 Å². The fourth-order valence-corrected chi connectivity index (χ4v) is 2.34. The number of pyridine rings is 1. The van der Waals surface area contributed by atoms with Crippen LogP contribution < -0.4 is 5.73 Å². The highest BCUT2D eigenvalue weighted by molar-refractivity contribution is 5.78. The van der Waals surface area contributed by atoms with Gasteiger partial charge in [0.15, 0.2) is 0 Å². The van der Waals surface area contributed by atoms with Crippen molar-refractivity contribution in [2.75, 3.05) is 6.54 Å². The Morgan fingerprint density at radius 2 is 2.41 bits per heavy atom. The van der Waals surface area contributed by atoms with Crippen molar-refractivity contribution in [2.45, 2.75) is 38.3 Å². The van der Waals surface area contributed by atoms with Gasteiger partial charge in [-0.1, -0.05) is 6.07 Å². The first kappa shape index (κ1) is 12.0. The molecule has 1 aliphatic rings. The Kier molecular flexibility index (Phi) is 3.74. The van der Waals surface area contributed by atoms with Gasteiger partial charge in [-0.25, -0.2) is 0 Å². The van der Waals surface area contributed by atoms with Gasteiger partial charge in [-0.3, -0.25) is 9.78 Å². The van der Waals surface area contributed by atoms with E-state index in [1.807, 2.05) is 23.1 Å². The maximum Gasteiger partial charge on any atom is 0.228 e. The lowest BCUT2D eigenvalue weighted by Gasteiger charge is -2.36. The van der Waals surface area contributed by atoms with Gasteiger partial charge in [0, 0.05) is 30.5 Å². The highest BCUT2D eigenvalue weighted by Crippen LogP contribution is 2.16. The van der Waals surface area contributed by atoms with E-state index in [1.54, 1.807) is 6.20 Å². The Morgan fingerprint density at radius 1 is 1.59 bits per heavy atom. The van der Waals surface area contributed by atoms with Gasteiger partial charge in [0.1, 0.15) is 0 Å². The summed E-state index contributed by atoms with van der Waals surface area (Å²) in [7, 11) is 0. The van der Waals surface area contributed by atoms with Crippen LogP contribution in [0, 0.1) is 0 Å². The molecule has 4 heteroatoms. The number of hydrogen-bond donors (Lipinski definition) is 1. The Hall–Kier alpha value is -1.42. The minimum absolute atomic E-state index is 0.156. The van der Waals surface area contributed by atoms with E-state index < -0.39 is 0 Å². The summed E-state index contributed by atoms with van der Waals surface area (Å²) in [6, 6.07) is 6.14. The van der Waals surface area contributed by atoms with Gasteiger partial charge in [-0.15, -0.1) is 0 Å². The summed E-state index contributed by atoms with van der Waals surface area (Å²) in [5, 5.41) is 0. The largest absolute Gasteiger partial charge is 0.340 e. The molecule has 0 spiro atoms. The smallest absolute Gasteiger partial charge is 0.228 e. The minimum atomic E-state index is 0.156. The molecule has 0 saturated carbocycles. The van der Waals surface area contributed by atoms with E-state index in [0.717, 1.165) is 25.1 Å². The molecule has 1 amide bonds. The number of rotatable bonds is 2. The fraction of sp³-hybridized carbons (Fsp3) is 0.538. The molecule has 2 atom stereocenters. The maximum absolute atomic E-state index is 12.1. The van der Waals surface area contributed by atoms with E-state index in [-0.39, 0.29) is 18.0 Å². The molecule has 0 aliphatic carbocycles. The van der Waals surface area contributed by atoms with Crippen molar-refractivity contribution >= 4 is 5.91 Å². The Labute approximate surface area is 102 Å². The van der Waals surface area contributed by atoms with Crippen molar-refractivity contribution in [2.24, 2.45) is 5.73 Å². The van der Waals surface area contributed by atoms with Gasteiger partial charge in [0.2, 0.25) is 5.91 Å². The molecule has 1 aromatic heterocycles. The third-order valence-electron chi connectivity index (χ3n) is 3.30. The van der Waals surface area contributed by atoms with Gasteiger partial charge in [-0.2, -0.15) is 0 Å². The van der Waals surface area contributed by atoms with Crippen LogP contribution in [0.1, 0.15) is 25.5 Å². The topological polar surface area (TPSA) is 59.2 Å². The minimum Gasteiger partial charge on any atom is -0.340 e. The first-order valence-electron chi connectivity index (χ1n) is 6.12. The van der Waals surface area contributed by atoms with Crippen LogP contribution in [0.4, 0.5) is 0 Å². The molecule has 1 aliphatic heterocycles. The third-order valence-corrected chi connectivity index (χ3v) is 3.30. The Balaban J connectivity index is 1.96. The number of nitrogens with two attached hydrogens (primary N) is 1. The number of nitrogens with zero attached hydrogens (tertiary/aromatic N) is 2. The second kappa shape index (κ2) is 5.27. The van der Waals surface area contributed by atoms with Crippen molar-refractivity contribution in [3.63, 3.8) is 0 Å². The Morgan fingerprint density at radius 3 is 3.06 bits per heavy atom. The predicted octanol–water partition coefficient (Wildman–Crippen LogP) is 0.962. The molecule has 1 aromatic rings. The molecule has 0 bridgehead atoms. The zero-order chi connectivity index (χ0) is 12.3. The molecule has 17 heavy (non-hydrogen) atoms. The third kappa shape index (κ3) is 3.03. The number of carbonyl (C=O) groups is 1. The normalized spacial score (nSPS) is 24.7. The fourth-order valence-electron chi connectivity index (χ4n) is 2.34. The standard InChI is InChI=1S/C13H19N3O/c1-10-8-11(14)5-7-16(10)13(17)9-12-4-2-3-6-15-12/h2-4,6,10-11H,5,7-9,14H2,1H3. The summed E-state index contributed by atoms with van der Waals surface area (Å²) >= 11 is 0. The second-order valence-corrected chi connectivity index (χ2v) is 4.72. The van der Waals surface area contributed by atoms with Crippen LogP contribution in [-0.2, 0) is 11.2 Å². The number of amides is 1. The molecular formula is C13H19N3O. The number of hydrogen-bond acceptors (Lipinski definition) is 3. The Bertz CT molecular complexity index is 380. The zero-order valence-corrected chi connectivity index (χ0v) is 10.2. The average Bonchev–Trinajstić information content (AvgIpc) is 2.30. The van der Waals surface area contributed by atoms with Crippen molar-refractivity contribution in [1.29, 1.82) is 0 Å². The van der Waals surface area contributed by atoms with E-state index in [4.69, 9.17) is 5.73 Å². The van der Waals surface area contributed by atoms with Crippen LogP contribution in [0.25, 0.3) is 0 Å². The van der Waals surface area contributed by atoms with Crippen LogP contribution in [-0.4, -0.2) is 34.4 Å². The van der Waals surface area contributed by atoms with Crippen LogP contribution in [0.5, 0.6) is 0 Å². The lowest BCUT2D eigenvalue weighted by atomic mass is 9.98. The maximum atomic E-state index is 12.1. The molecule has 92 valence electrons. The summed E-state index contributed by atoms with van der Waals surface area (Å²) in [6.45, 7) is 2.84. The number of likely N-dealkylation sites (tertiary alicyclic amines) is 1. The molecule has 0 radical (unpaired) electrons. The summed E-state index contributed by atoms with van der Waals surface area (Å²) in [6.07, 6.45) is 3.91. The van der Waals surface area contributed by atoms with Crippen molar-refractivity contribution in [3.8, 4) is 0 Å². The predicted molar refractivity (Wildman–Crippen MR) is 66.3 cm³/mol. The molecule has 0 aromatic carbocycles. The van der Waals surface area contributed by atoms with Gasteiger partial charge in [-0.05, 0) is 31.9 Å². The summed E-state index contributed by atoms with van der Waals surface area (Å²) < 4.78 is 0. The monoisotopic (exact) mass is 233 g/mol.